The van der Waals surface area contributed by atoms with Crippen LogP contribution < -0.4 is 15.8 Å². The second kappa shape index (κ2) is 10.1. The van der Waals surface area contributed by atoms with Crippen molar-refractivity contribution >= 4 is 16.9 Å². The van der Waals surface area contributed by atoms with E-state index in [9.17, 15) is 0 Å². The van der Waals surface area contributed by atoms with Crippen molar-refractivity contribution in [2.45, 2.75) is 50.7 Å². The van der Waals surface area contributed by atoms with Crippen LogP contribution in [0.5, 0.6) is 11.5 Å². The number of hydrogen-bond donors (Lipinski definition) is 2. The smallest absolute Gasteiger partial charge is 0.164 e. The number of nitrogens with one attached hydrogen (secondary N) is 1. The minimum Gasteiger partial charge on any atom is -0.457 e. The molecule has 8 nitrogen and oxygen atoms in total. The average molecular weight is 502 g/mol. The second-order valence-electron chi connectivity index (χ2n) is 10.1. The highest BCUT2D eigenvalue weighted by atomic mass is 19.1. The van der Waals surface area contributed by atoms with Gasteiger partial charge < -0.3 is 20.7 Å². The van der Waals surface area contributed by atoms with Crippen LogP contribution in [0.15, 0.2) is 54.9 Å². The van der Waals surface area contributed by atoms with Crippen LogP contribution in [0.4, 0.5) is 10.2 Å². The molecule has 2 atom stereocenters. The molecule has 2 aliphatic rings. The molecule has 0 bridgehead atoms. The summed E-state index contributed by atoms with van der Waals surface area (Å²) in [6.07, 6.45) is 5.76. The zero-order valence-electron chi connectivity index (χ0n) is 21.0. The van der Waals surface area contributed by atoms with Crippen LogP contribution in [0.25, 0.3) is 22.3 Å². The first-order valence-corrected chi connectivity index (χ1v) is 13.1. The quantitative estimate of drug-likeness (QED) is 0.406. The number of para-hydroxylation sites is 1. The fraction of sp³-hybridized carbons (Fsp3) is 0.393. The number of nitrogens with zero attached hydrogens (tertiary/aromatic N) is 5. The molecular formula is C28H32FN7O. The number of fused-ring (bicyclic) bond motifs is 1. The van der Waals surface area contributed by atoms with Gasteiger partial charge in [-0.05, 0) is 63.4 Å². The van der Waals surface area contributed by atoms with Crippen LogP contribution in [0, 0.1) is 5.82 Å². The second-order valence-corrected chi connectivity index (χ2v) is 10.1. The third-order valence-electron chi connectivity index (χ3n) is 7.65. The Kier molecular flexibility index (Phi) is 6.48. The summed E-state index contributed by atoms with van der Waals surface area (Å²) in [6, 6.07) is 15.5. The average Bonchev–Trinajstić information content (AvgIpc) is 3.30. The summed E-state index contributed by atoms with van der Waals surface area (Å²) in [6.45, 7) is 5.37. The molecule has 0 saturated carbocycles. The van der Waals surface area contributed by atoms with Gasteiger partial charge in [0.15, 0.2) is 5.65 Å². The first kappa shape index (κ1) is 23.8. The number of nitrogen functional groups attached to an aromatic ring is 1. The molecule has 1 unspecified atom stereocenters. The third kappa shape index (κ3) is 4.76. The van der Waals surface area contributed by atoms with Crippen molar-refractivity contribution in [2.24, 2.45) is 0 Å². The lowest BCUT2D eigenvalue weighted by Gasteiger charge is -2.41. The fourth-order valence-electron chi connectivity index (χ4n) is 5.75. The summed E-state index contributed by atoms with van der Waals surface area (Å²) in [7, 11) is 0. The van der Waals surface area contributed by atoms with Gasteiger partial charge in [-0.25, -0.2) is 19.0 Å². The van der Waals surface area contributed by atoms with E-state index in [-0.39, 0.29) is 6.04 Å². The lowest BCUT2D eigenvalue weighted by Crippen LogP contribution is -2.49. The Balaban J connectivity index is 1.28. The maximum Gasteiger partial charge on any atom is 0.164 e. The van der Waals surface area contributed by atoms with Gasteiger partial charge in [0.1, 0.15) is 35.2 Å². The van der Waals surface area contributed by atoms with Crippen LogP contribution in [0.3, 0.4) is 0 Å². The number of ether oxygens (including phenoxy) is 1. The molecule has 2 saturated heterocycles. The number of nitrogens with two attached hydrogens (primary N) is 1. The first-order chi connectivity index (χ1) is 18.1. The summed E-state index contributed by atoms with van der Waals surface area (Å²) >= 11 is 0. The fourth-order valence-corrected chi connectivity index (χ4v) is 5.75. The zero-order chi connectivity index (χ0) is 25.4. The van der Waals surface area contributed by atoms with Crippen LogP contribution in [-0.2, 0) is 0 Å². The summed E-state index contributed by atoms with van der Waals surface area (Å²) in [4.78, 5) is 11.3. The van der Waals surface area contributed by atoms with Crippen molar-refractivity contribution < 1.29 is 9.13 Å². The number of benzene rings is 2. The van der Waals surface area contributed by atoms with E-state index in [1.807, 2.05) is 35.0 Å². The largest absolute Gasteiger partial charge is 0.457 e. The predicted octanol–water partition coefficient (Wildman–Crippen LogP) is 4.78. The van der Waals surface area contributed by atoms with Gasteiger partial charge in [0.25, 0.3) is 0 Å². The number of rotatable bonds is 5. The minimum atomic E-state index is -0.432. The minimum absolute atomic E-state index is 0.171. The van der Waals surface area contributed by atoms with Gasteiger partial charge in [-0.3, -0.25) is 0 Å². The highest BCUT2D eigenvalue weighted by Crippen LogP contribution is 2.37. The van der Waals surface area contributed by atoms with E-state index in [1.54, 1.807) is 12.1 Å². The van der Waals surface area contributed by atoms with Crippen molar-refractivity contribution in [3.05, 3.63) is 60.7 Å². The Morgan fingerprint density at radius 1 is 1.00 bits per heavy atom. The number of hydrogen-bond acceptors (Lipinski definition) is 7. The summed E-state index contributed by atoms with van der Waals surface area (Å²) in [5.74, 6) is 0.932. The van der Waals surface area contributed by atoms with Crippen molar-refractivity contribution in [1.29, 1.82) is 0 Å². The molecule has 4 aromatic rings. The normalized spacial score (nSPS) is 21.4. The monoisotopic (exact) mass is 501 g/mol. The molecule has 3 N–H and O–H groups in total. The van der Waals surface area contributed by atoms with Gasteiger partial charge >= 0.3 is 0 Å². The van der Waals surface area contributed by atoms with Gasteiger partial charge in [0.2, 0.25) is 0 Å². The molecule has 2 aliphatic heterocycles. The van der Waals surface area contributed by atoms with E-state index < -0.39 is 5.82 Å². The SMILES string of the molecule is C[C@H]1CC(N2CCC(n3nc(-c4ccc(Oc5ccccc5)cc4F)c4c(N)ncnc43)CC2)CCN1. The van der Waals surface area contributed by atoms with E-state index in [4.69, 9.17) is 15.6 Å². The molecule has 4 heterocycles. The Labute approximate surface area is 215 Å². The Morgan fingerprint density at radius 2 is 1.81 bits per heavy atom. The summed E-state index contributed by atoms with van der Waals surface area (Å²) in [5, 5.41) is 9.03. The van der Waals surface area contributed by atoms with Crippen molar-refractivity contribution in [2.75, 3.05) is 25.4 Å². The number of halogens is 1. The predicted molar refractivity (Wildman–Crippen MR) is 142 cm³/mol. The maximum absolute atomic E-state index is 15.4. The number of piperidine rings is 2. The van der Waals surface area contributed by atoms with Crippen molar-refractivity contribution in [3.8, 4) is 22.8 Å². The molecule has 0 radical (unpaired) electrons. The van der Waals surface area contributed by atoms with E-state index in [1.165, 1.54) is 25.2 Å². The lowest BCUT2D eigenvalue weighted by atomic mass is 9.95. The molecule has 2 fully saturated rings. The molecule has 0 amide bonds. The molecule has 9 heteroatoms. The molecule has 192 valence electrons. The van der Waals surface area contributed by atoms with Gasteiger partial charge in [0.05, 0.1) is 11.4 Å². The van der Waals surface area contributed by atoms with Crippen LogP contribution in [-0.4, -0.2) is 56.4 Å². The molecule has 0 aliphatic carbocycles. The van der Waals surface area contributed by atoms with Gasteiger partial charge in [-0.1, -0.05) is 18.2 Å². The highest BCUT2D eigenvalue weighted by molar-refractivity contribution is 5.98. The number of anilines is 1. The van der Waals surface area contributed by atoms with E-state index in [0.29, 0.717) is 51.7 Å². The van der Waals surface area contributed by atoms with Gasteiger partial charge in [-0.2, -0.15) is 5.10 Å². The van der Waals surface area contributed by atoms with Crippen molar-refractivity contribution in [1.82, 2.24) is 30.0 Å². The van der Waals surface area contributed by atoms with Crippen molar-refractivity contribution in [3.63, 3.8) is 0 Å². The topological polar surface area (TPSA) is 94.1 Å². The maximum atomic E-state index is 15.4. The highest BCUT2D eigenvalue weighted by Gasteiger charge is 2.31. The van der Waals surface area contributed by atoms with E-state index >= 15 is 4.39 Å². The molecule has 6 rings (SSSR count). The summed E-state index contributed by atoms with van der Waals surface area (Å²) in [5.41, 5.74) is 7.76. The van der Waals surface area contributed by atoms with Gasteiger partial charge in [-0.15, -0.1) is 0 Å². The third-order valence-corrected chi connectivity index (χ3v) is 7.65. The summed E-state index contributed by atoms with van der Waals surface area (Å²) < 4.78 is 23.2. The Hall–Kier alpha value is -3.56. The standard InChI is InChI=1S/C28H32FN7O/c1-18-15-20(9-12-31-18)35-13-10-19(11-14-35)36-28-25(27(30)32-17-33-28)26(34-36)23-8-7-22(16-24(23)29)37-21-5-3-2-4-6-21/h2-8,16-20,31H,9-15H2,1H3,(H2,30,32,33)/t18-,20?/m0/s1. The van der Waals surface area contributed by atoms with Crippen LogP contribution in [0.2, 0.25) is 0 Å². The number of aromatic nitrogens is 4. The zero-order valence-corrected chi connectivity index (χ0v) is 21.0. The molecule has 2 aromatic carbocycles. The number of likely N-dealkylation sites (tertiary alicyclic amines) is 1. The lowest BCUT2D eigenvalue weighted by molar-refractivity contribution is 0.101. The van der Waals surface area contributed by atoms with E-state index in [0.717, 1.165) is 32.5 Å². The first-order valence-electron chi connectivity index (χ1n) is 13.1. The molecule has 37 heavy (non-hydrogen) atoms. The molecular weight excluding hydrogens is 469 g/mol. The van der Waals surface area contributed by atoms with Gasteiger partial charge in [0, 0.05) is 36.8 Å². The molecule has 0 spiro atoms. The Bertz CT molecular complexity index is 1380. The van der Waals surface area contributed by atoms with Crippen LogP contribution in [0.1, 0.15) is 38.6 Å². The molecule has 2 aromatic heterocycles. The Morgan fingerprint density at radius 3 is 2.57 bits per heavy atom. The van der Waals surface area contributed by atoms with Crippen LogP contribution >= 0.6 is 0 Å². The van der Waals surface area contributed by atoms with E-state index in [2.05, 4.69) is 27.1 Å².